The summed E-state index contributed by atoms with van der Waals surface area (Å²) in [6.45, 7) is 5.17. The van der Waals surface area contributed by atoms with Crippen LogP contribution in [0.15, 0.2) is 29.6 Å². The van der Waals surface area contributed by atoms with Crippen molar-refractivity contribution in [3.05, 3.63) is 40.9 Å². The molecule has 1 amide bonds. The van der Waals surface area contributed by atoms with Crippen LogP contribution in [0.3, 0.4) is 0 Å². The van der Waals surface area contributed by atoms with Gasteiger partial charge in [-0.3, -0.25) is 9.59 Å². The standard InChI is InChI=1S/C20H24N2O4S/c1-13(2)14-3-5-15(6-4-14)19-21-16(12-27-19)18(25)22-20(11-17(23)24)7-9-26-10-8-20/h3-6,12-13H,7-11H2,1-2H3,(H,22,25)(H,23,24). The van der Waals surface area contributed by atoms with Gasteiger partial charge in [-0.2, -0.15) is 0 Å². The molecular weight excluding hydrogens is 364 g/mol. The van der Waals surface area contributed by atoms with Crippen LogP contribution in [0.4, 0.5) is 0 Å². The number of benzene rings is 1. The van der Waals surface area contributed by atoms with Crippen LogP contribution in [-0.4, -0.2) is 40.7 Å². The number of carboxylic acids is 1. The SMILES string of the molecule is CC(C)c1ccc(-c2nc(C(=O)NC3(CC(=O)O)CCOCC3)cs2)cc1. The minimum Gasteiger partial charge on any atom is -0.481 e. The van der Waals surface area contributed by atoms with Gasteiger partial charge in [-0.1, -0.05) is 38.1 Å². The molecule has 1 fully saturated rings. The second-order valence-electron chi connectivity index (χ2n) is 7.23. The van der Waals surface area contributed by atoms with Crippen molar-refractivity contribution < 1.29 is 19.4 Å². The predicted molar refractivity (Wildman–Crippen MR) is 104 cm³/mol. The Bertz CT molecular complexity index is 808. The number of carbonyl (C=O) groups excluding carboxylic acids is 1. The minimum absolute atomic E-state index is 0.115. The Balaban J connectivity index is 1.74. The average molecular weight is 388 g/mol. The number of aliphatic carboxylic acids is 1. The second-order valence-corrected chi connectivity index (χ2v) is 8.09. The van der Waals surface area contributed by atoms with Crippen molar-refractivity contribution >= 4 is 23.2 Å². The molecule has 1 saturated heterocycles. The maximum absolute atomic E-state index is 12.7. The molecule has 0 atom stereocenters. The summed E-state index contributed by atoms with van der Waals surface area (Å²) >= 11 is 1.41. The average Bonchev–Trinajstić information content (AvgIpc) is 3.12. The van der Waals surface area contributed by atoms with E-state index in [-0.39, 0.29) is 12.3 Å². The Hall–Kier alpha value is -2.25. The molecule has 1 aliphatic rings. The van der Waals surface area contributed by atoms with E-state index in [1.165, 1.54) is 16.9 Å². The Morgan fingerprint density at radius 1 is 1.26 bits per heavy atom. The number of carboxylic acid groups (broad SMARTS) is 1. The molecule has 2 N–H and O–H groups in total. The third-order valence-corrected chi connectivity index (χ3v) is 5.77. The molecule has 0 saturated carbocycles. The topological polar surface area (TPSA) is 88.5 Å². The summed E-state index contributed by atoms with van der Waals surface area (Å²) in [7, 11) is 0. The molecule has 1 aromatic carbocycles. The monoisotopic (exact) mass is 388 g/mol. The molecule has 7 heteroatoms. The number of carbonyl (C=O) groups is 2. The first-order chi connectivity index (χ1) is 12.9. The fourth-order valence-corrected chi connectivity index (χ4v) is 4.03. The third-order valence-electron chi connectivity index (χ3n) is 4.88. The molecule has 2 heterocycles. The largest absolute Gasteiger partial charge is 0.481 e. The molecule has 0 aliphatic carbocycles. The number of hydrogen-bond acceptors (Lipinski definition) is 5. The van der Waals surface area contributed by atoms with E-state index in [4.69, 9.17) is 4.74 Å². The van der Waals surface area contributed by atoms with Crippen LogP contribution < -0.4 is 5.32 Å². The number of amides is 1. The number of ether oxygens (including phenoxy) is 1. The van der Waals surface area contributed by atoms with Crippen molar-refractivity contribution in [2.24, 2.45) is 0 Å². The van der Waals surface area contributed by atoms with Gasteiger partial charge in [0.2, 0.25) is 0 Å². The zero-order chi connectivity index (χ0) is 19.4. The van der Waals surface area contributed by atoms with Gasteiger partial charge in [-0.25, -0.2) is 4.98 Å². The molecule has 144 valence electrons. The Morgan fingerprint density at radius 2 is 1.93 bits per heavy atom. The Labute approximate surface area is 162 Å². The van der Waals surface area contributed by atoms with Gasteiger partial charge in [0.05, 0.1) is 12.0 Å². The van der Waals surface area contributed by atoms with Gasteiger partial charge in [-0.05, 0) is 24.3 Å². The number of thiazole rings is 1. The smallest absolute Gasteiger partial charge is 0.305 e. The fourth-order valence-electron chi connectivity index (χ4n) is 3.22. The molecule has 1 aliphatic heterocycles. The van der Waals surface area contributed by atoms with Crippen LogP contribution in [0.25, 0.3) is 10.6 Å². The van der Waals surface area contributed by atoms with E-state index in [1.807, 2.05) is 12.1 Å². The molecule has 0 spiro atoms. The van der Waals surface area contributed by atoms with Crippen molar-refractivity contribution in [3.63, 3.8) is 0 Å². The molecule has 27 heavy (non-hydrogen) atoms. The summed E-state index contributed by atoms with van der Waals surface area (Å²) < 4.78 is 5.32. The third kappa shape index (κ3) is 4.73. The van der Waals surface area contributed by atoms with Gasteiger partial charge >= 0.3 is 5.97 Å². The lowest BCUT2D eigenvalue weighted by atomic mass is 9.86. The Morgan fingerprint density at radius 3 is 2.52 bits per heavy atom. The number of hydrogen-bond donors (Lipinski definition) is 2. The van der Waals surface area contributed by atoms with Gasteiger partial charge in [-0.15, -0.1) is 11.3 Å². The van der Waals surface area contributed by atoms with Crippen LogP contribution in [0.5, 0.6) is 0 Å². The highest BCUT2D eigenvalue weighted by Crippen LogP contribution is 2.28. The summed E-state index contributed by atoms with van der Waals surface area (Å²) in [5.41, 5.74) is 1.77. The first kappa shape index (κ1) is 19.5. The quantitative estimate of drug-likeness (QED) is 0.788. The van der Waals surface area contributed by atoms with E-state index >= 15 is 0 Å². The maximum Gasteiger partial charge on any atom is 0.305 e. The van der Waals surface area contributed by atoms with Gasteiger partial charge < -0.3 is 15.2 Å². The summed E-state index contributed by atoms with van der Waals surface area (Å²) in [5, 5.41) is 14.6. The van der Waals surface area contributed by atoms with E-state index in [0.29, 0.717) is 37.7 Å². The molecule has 0 unspecified atom stereocenters. The van der Waals surface area contributed by atoms with E-state index in [9.17, 15) is 14.7 Å². The van der Waals surface area contributed by atoms with E-state index in [0.717, 1.165) is 10.6 Å². The van der Waals surface area contributed by atoms with Gasteiger partial charge in [0.15, 0.2) is 0 Å². The van der Waals surface area contributed by atoms with Crippen LogP contribution >= 0.6 is 11.3 Å². The van der Waals surface area contributed by atoms with Crippen molar-refractivity contribution in [3.8, 4) is 10.6 Å². The molecule has 1 aromatic heterocycles. The van der Waals surface area contributed by atoms with E-state index in [2.05, 4.69) is 36.3 Å². The first-order valence-corrected chi connectivity index (χ1v) is 9.94. The van der Waals surface area contributed by atoms with Gasteiger partial charge in [0.25, 0.3) is 5.91 Å². The molecule has 6 nitrogen and oxygen atoms in total. The summed E-state index contributed by atoms with van der Waals surface area (Å²) in [6.07, 6.45) is 0.854. The molecule has 0 bridgehead atoms. The van der Waals surface area contributed by atoms with Crippen LogP contribution in [0.2, 0.25) is 0 Å². The van der Waals surface area contributed by atoms with E-state index < -0.39 is 11.5 Å². The van der Waals surface area contributed by atoms with Crippen molar-refractivity contribution in [2.75, 3.05) is 13.2 Å². The van der Waals surface area contributed by atoms with Crippen molar-refractivity contribution in [2.45, 2.75) is 44.6 Å². The highest BCUT2D eigenvalue weighted by atomic mass is 32.1. The molecule has 3 rings (SSSR count). The lowest BCUT2D eigenvalue weighted by Crippen LogP contribution is -2.53. The van der Waals surface area contributed by atoms with Crippen LogP contribution in [0, 0.1) is 0 Å². The zero-order valence-electron chi connectivity index (χ0n) is 15.5. The summed E-state index contributed by atoms with van der Waals surface area (Å²) in [6, 6.07) is 8.18. The Kier molecular flexibility index (Phi) is 5.92. The van der Waals surface area contributed by atoms with Crippen molar-refractivity contribution in [1.29, 1.82) is 0 Å². The molecular formula is C20H24N2O4S. The zero-order valence-corrected chi connectivity index (χ0v) is 16.3. The van der Waals surface area contributed by atoms with Crippen molar-refractivity contribution in [1.82, 2.24) is 10.3 Å². The van der Waals surface area contributed by atoms with Crippen LogP contribution in [-0.2, 0) is 9.53 Å². The lowest BCUT2D eigenvalue weighted by molar-refractivity contribution is -0.139. The predicted octanol–water partition coefficient (Wildman–Crippen LogP) is 3.69. The fraction of sp³-hybridized carbons (Fsp3) is 0.450. The molecule has 0 radical (unpaired) electrons. The number of aromatic nitrogens is 1. The molecule has 2 aromatic rings. The lowest BCUT2D eigenvalue weighted by Gasteiger charge is -2.36. The minimum atomic E-state index is -0.929. The normalized spacial score (nSPS) is 16.3. The highest BCUT2D eigenvalue weighted by Gasteiger charge is 2.37. The highest BCUT2D eigenvalue weighted by molar-refractivity contribution is 7.13. The summed E-state index contributed by atoms with van der Waals surface area (Å²) in [5.74, 6) is -0.803. The number of rotatable bonds is 6. The van der Waals surface area contributed by atoms with E-state index in [1.54, 1.807) is 5.38 Å². The number of nitrogens with zero attached hydrogens (tertiary/aromatic N) is 1. The summed E-state index contributed by atoms with van der Waals surface area (Å²) in [4.78, 5) is 28.4. The van der Waals surface area contributed by atoms with Gasteiger partial charge in [0.1, 0.15) is 10.7 Å². The van der Waals surface area contributed by atoms with Gasteiger partial charge in [0, 0.05) is 24.2 Å². The number of nitrogens with one attached hydrogen (secondary N) is 1. The van der Waals surface area contributed by atoms with Crippen LogP contribution in [0.1, 0.15) is 55.1 Å². The second kappa shape index (κ2) is 8.19. The first-order valence-electron chi connectivity index (χ1n) is 9.06. The maximum atomic E-state index is 12.7.